The molecule has 25 heavy (non-hydrogen) atoms. The number of hydrogen-bond donors (Lipinski definition) is 0. The zero-order valence-corrected chi connectivity index (χ0v) is 15.5. The molecule has 2 bridgehead atoms. The maximum Gasteiger partial charge on any atom is 0.123 e. The van der Waals surface area contributed by atoms with Gasteiger partial charge in [-0.3, -0.25) is 4.90 Å². The Morgan fingerprint density at radius 2 is 1.36 bits per heavy atom. The summed E-state index contributed by atoms with van der Waals surface area (Å²) >= 11 is 13.2. The minimum Gasteiger partial charge on any atom is -0.303 e. The Morgan fingerprint density at radius 1 is 0.880 bits per heavy atom. The highest BCUT2D eigenvalue weighted by atomic mass is 35.5. The molecule has 0 aromatic heterocycles. The SMILES string of the molecule is O=CC1C[C@H]2CC[C@@H](C1)N2C(c1ccccc1Cl)c1ccccc1Cl. The topological polar surface area (TPSA) is 20.3 Å². The Bertz CT molecular complexity index is 718. The third-order valence-corrected chi connectivity index (χ3v) is 6.40. The van der Waals surface area contributed by atoms with Gasteiger partial charge in [-0.15, -0.1) is 0 Å². The maximum absolute atomic E-state index is 11.3. The molecule has 4 rings (SSSR count). The molecule has 0 spiro atoms. The van der Waals surface area contributed by atoms with Crippen LogP contribution in [0.3, 0.4) is 0 Å². The van der Waals surface area contributed by atoms with Crippen molar-refractivity contribution < 1.29 is 4.79 Å². The summed E-state index contributed by atoms with van der Waals surface area (Å²) in [5, 5.41) is 1.54. The van der Waals surface area contributed by atoms with Crippen molar-refractivity contribution in [3.8, 4) is 0 Å². The average Bonchev–Trinajstić information content (AvgIpc) is 2.87. The second kappa shape index (κ2) is 7.11. The third-order valence-electron chi connectivity index (χ3n) is 5.72. The number of halogens is 2. The van der Waals surface area contributed by atoms with Gasteiger partial charge in [-0.05, 0) is 48.9 Å². The Hall–Kier alpha value is -1.35. The van der Waals surface area contributed by atoms with Gasteiger partial charge in [0.15, 0.2) is 0 Å². The van der Waals surface area contributed by atoms with Gasteiger partial charge in [0.1, 0.15) is 6.29 Å². The van der Waals surface area contributed by atoms with Gasteiger partial charge in [0.25, 0.3) is 0 Å². The molecule has 4 heteroatoms. The van der Waals surface area contributed by atoms with Gasteiger partial charge in [0.05, 0.1) is 6.04 Å². The molecular weight excluding hydrogens is 353 g/mol. The molecule has 0 N–H and O–H groups in total. The lowest BCUT2D eigenvalue weighted by molar-refractivity contribution is -0.113. The van der Waals surface area contributed by atoms with Crippen molar-refractivity contribution in [2.45, 2.75) is 43.8 Å². The minimum atomic E-state index is 0.0347. The lowest BCUT2D eigenvalue weighted by Gasteiger charge is -2.43. The molecule has 0 radical (unpaired) electrons. The van der Waals surface area contributed by atoms with Crippen molar-refractivity contribution in [3.05, 3.63) is 69.7 Å². The second-order valence-corrected chi connectivity index (χ2v) is 7.96. The van der Waals surface area contributed by atoms with Crippen LogP contribution < -0.4 is 0 Å². The van der Waals surface area contributed by atoms with E-state index in [1.807, 2.05) is 36.4 Å². The van der Waals surface area contributed by atoms with Crippen LogP contribution in [-0.4, -0.2) is 23.3 Å². The molecule has 0 amide bonds. The number of hydrogen-bond acceptors (Lipinski definition) is 2. The molecule has 2 heterocycles. The first-order chi connectivity index (χ1) is 12.2. The molecule has 0 saturated carbocycles. The molecule has 2 aromatic carbocycles. The Kier molecular flexibility index (Phi) is 4.86. The van der Waals surface area contributed by atoms with Crippen molar-refractivity contribution >= 4 is 29.5 Å². The summed E-state index contributed by atoms with van der Waals surface area (Å²) in [4.78, 5) is 13.9. The molecule has 130 valence electrons. The first kappa shape index (κ1) is 17.1. The van der Waals surface area contributed by atoms with Crippen LogP contribution in [0.1, 0.15) is 42.9 Å². The van der Waals surface area contributed by atoms with Crippen molar-refractivity contribution in [1.29, 1.82) is 0 Å². The monoisotopic (exact) mass is 373 g/mol. The smallest absolute Gasteiger partial charge is 0.123 e. The van der Waals surface area contributed by atoms with Crippen LogP contribution in [0.25, 0.3) is 0 Å². The van der Waals surface area contributed by atoms with Gasteiger partial charge in [-0.25, -0.2) is 0 Å². The zero-order chi connectivity index (χ0) is 17.4. The molecule has 2 aliphatic heterocycles. The zero-order valence-electron chi connectivity index (χ0n) is 13.9. The molecule has 0 aliphatic carbocycles. The summed E-state index contributed by atoms with van der Waals surface area (Å²) in [6.07, 6.45) is 5.29. The van der Waals surface area contributed by atoms with Crippen LogP contribution in [0.5, 0.6) is 0 Å². The van der Waals surface area contributed by atoms with Crippen molar-refractivity contribution in [1.82, 2.24) is 4.90 Å². The van der Waals surface area contributed by atoms with Crippen LogP contribution in [0, 0.1) is 5.92 Å². The second-order valence-electron chi connectivity index (χ2n) is 7.15. The largest absolute Gasteiger partial charge is 0.303 e. The number of aldehydes is 1. The van der Waals surface area contributed by atoms with Crippen molar-refractivity contribution in [2.24, 2.45) is 5.92 Å². The number of benzene rings is 2. The number of nitrogens with zero attached hydrogens (tertiary/aromatic N) is 1. The standard InChI is InChI=1S/C21H21Cl2NO/c22-19-7-3-1-5-17(19)21(18-6-2-4-8-20(18)23)24-15-9-10-16(24)12-14(11-15)13-25/h1-8,13-16,21H,9-12H2/t14?,15-,16+. The van der Waals surface area contributed by atoms with Crippen LogP contribution in [0.4, 0.5) is 0 Å². The van der Waals surface area contributed by atoms with E-state index in [0.29, 0.717) is 12.1 Å². The van der Waals surface area contributed by atoms with E-state index < -0.39 is 0 Å². The predicted molar refractivity (Wildman–Crippen MR) is 102 cm³/mol. The Labute approximate surface area is 158 Å². The van der Waals surface area contributed by atoms with Gasteiger partial charge < -0.3 is 4.79 Å². The van der Waals surface area contributed by atoms with Gasteiger partial charge in [0.2, 0.25) is 0 Å². The van der Waals surface area contributed by atoms with E-state index in [-0.39, 0.29) is 12.0 Å². The van der Waals surface area contributed by atoms with E-state index in [1.165, 1.54) is 0 Å². The van der Waals surface area contributed by atoms with Gasteiger partial charge in [-0.2, -0.15) is 0 Å². The summed E-state index contributed by atoms with van der Waals surface area (Å²) in [5.74, 6) is 0.187. The lowest BCUT2D eigenvalue weighted by Crippen LogP contribution is -2.45. The average molecular weight is 374 g/mol. The van der Waals surface area contributed by atoms with E-state index in [9.17, 15) is 4.79 Å². The predicted octanol–water partition coefficient (Wildman–Crippen LogP) is 5.52. The third kappa shape index (κ3) is 3.12. The summed E-state index contributed by atoms with van der Waals surface area (Å²) in [6, 6.07) is 16.9. The fourth-order valence-corrected chi connectivity index (χ4v) is 5.15. The molecule has 3 atom stereocenters. The number of rotatable bonds is 4. The molecule has 1 unspecified atom stereocenters. The normalized spacial score (nSPS) is 26.1. The molecule has 2 nitrogen and oxygen atoms in total. The molecule has 2 aliphatic rings. The highest BCUT2D eigenvalue weighted by Gasteiger charge is 2.45. The van der Waals surface area contributed by atoms with Crippen molar-refractivity contribution in [3.63, 3.8) is 0 Å². The van der Waals surface area contributed by atoms with E-state index in [0.717, 1.165) is 53.1 Å². The minimum absolute atomic E-state index is 0.0347. The fourth-order valence-electron chi connectivity index (χ4n) is 4.67. The van der Waals surface area contributed by atoms with E-state index >= 15 is 0 Å². The summed E-state index contributed by atoms with van der Waals surface area (Å²) in [5.41, 5.74) is 2.19. The molecule has 2 fully saturated rings. The number of piperidine rings is 1. The molecule has 2 aromatic rings. The van der Waals surface area contributed by atoms with Gasteiger partial charge in [0, 0.05) is 28.0 Å². The maximum atomic E-state index is 11.3. The number of carbonyl (C=O) groups excluding carboxylic acids is 1. The van der Waals surface area contributed by atoms with Crippen molar-refractivity contribution in [2.75, 3.05) is 0 Å². The van der Waals surface area contributed by atoms with E-state index in [1.54, 1.807) is 0 Å². The Balaban J connectivity index is 1.81. The van der Waals surface area contributed by atoms with Crippen LogP contribution in [0.2, 0.25) is 10.0 Å². The fraction of sp³-hybridized carbons (Fsp3) is 0.381. The number of carbonyl (C=O) groups is 1. The van der Waals surface area contributed by atoms with Gasteiger partial charge in [-0.1, -0.05) is 59.6 Å². The van der Waals surface area contributed by atoms with Crippen LogP contribution in [0.15, 0.2) is 48.5 Å². The molecule has 2 saturated heterocycles. The van der Waals surface area contributed by atoms with E-state index in [2.05, 4.69) is 17.0 Å². The Morgan fingerprint density at radius 3 is 1.80 bits per heavy atom. The van der Waals surface area contributed by atoms with Gasteiger partial charge >= 0.3 is 0 Å². The lowest BCUT2D eigenvalue weighted by atomic mass is 9.87. The van der Waals surface area contributed by atoms with Crippen LogP contribution >= 0.6 is 23.2 Å². The van der Waals surface area contributed by atoms with E-state index in [4.69, 9.17) is 23.2 Å². The first-order valence-corrected chi connectivity index (χ1v) is 9.66. The first-order valence-electron chi connectivity index (χ1n) is 8.90. The summed E-state index contributed by atoms with van der Waals surface area (Å²) in [7, 11) is 0. The summed E-state index contributed by atoms with van der Waals surface area (Å²) in [6.45, 7) is 0. The quantitative estimate of drug-likeness (QED) is 0.657. The molecular formula is C21H21Cl2NO. The summed E-state index contributed by atoms with van der Waals surface area (Å²) < 4.78 is 0. The number of fused-ring (bicyclic) bond motifs is 2. The highest BCUT2D eigenvalue weighted by molar-refractivity contribution is 6.32. The highest BCUT2D eigenvalue weighted by Crippen LogP contribution is 2.47. The van der Waals surface area contributed by atoms with Crippen LogP contribution in [-0.2, 0) is 4.79 Å².